The molecule has 9 heteroatoms. The second kappa shape index (κ2) is 11.2. The largest absolute Gasteiger partial charge is 0.481 e. The van der Waals surface area contributed by atoms with Gasteiger partial charge in [-0.1, -0.05) is 49.9 Å². The third-order valence-electron chi connectivity index (χ3n) is 6.10. The molecule has 36 heavy (non-hydrogen) atoms. The Morgan fingerprint density at radius 1 is 1.28 bits per heavy atom. The average molecular weight is 514 g/mol. The number of aryl methyl sites for hydroxylation is 2. The summed E-state index contributed by atoms with van der Waals surface area (Å²) in [5, 5.41) is 9.58. The summed E-state index contributed by atoms with van der Waals surface area (Å²) in [6.07, 6.45) is 8.45. The molecular weight excluding hydrogens is 485 g/mol. The van der Waals surface area contributed by atoms with Gasteiger partial charge in [0.05, 0.1) is 41.8 Å². The Labute approximate surface area is 214 Å². The maximum absolute atomic E-state index is 15.2. The summed E-state index contributed by atoms with van der Waals surface area (Å²) in [5.74, 6) is -1.61. The average Bonchev–Trinajstić information content (AvgIpc) is 3.76. The molecule has 0 spiro atoms. The van der Waals surface area contributed by atoms with Crippen molar-refractivity contribution in [2.24, 2.45) is 5.92 Å². The Kier molecular flexibility index (Phi) is 8.04. The summed E-state index contributed by atoms with van der Waals surface area (Å²) in [6, 6.07) is 5.14. The van der Waals surface area contributed by atoms with Crippen molar-refractivity contribution in [3.63, 3.8) is 0 Å². The van der Waals surface area contributed by atoms with E-state index in [0.29, 0.717) is 52.0 Å². The van der Waals surface area contributed by atoms with Crippen LogP contribution in [0.1, 0.15) is 61.2 Å². The maximum atomic E-state index is 15.2. The lowest BCUT2D eigenvalue weighted by atomic mass is 9.94. The number of methoxy groups -OCH3 is 1. The van der Waals surface area contributed by atoms with E-state index in [0.717, 1.165) is 5.56 Å². The van der Waals surface area contributed by atoms with Crippen LogP contribution in [-0.4, -0.2) is 33.1 Å². The molecule has 190 valence electrons. The van der Waals surface area contributed by atoms with E-state index in [-0.39, 0.29) is 12.2 Å². The molecule has 1 aliphatic carbocycles. The van der Waals surface area contributed by atoms with Gasteiger partial charge in [-0.2, -0.15) is 0 Å². The summed E-state index contributed by atoms with van der Waals surface area (Å²) in [7, 11) is 1.52. The number of carboxylic acids is 1. The SMILES string of the molecule is C1CC1.COc1cc(-c2cnc(C3CCc4ccc(CC(C)C(=O)O)c(F)c4O3)c(C)n2)c(Cl)cn1. The van der Waals surface area contributed by atoms with Gasteiger partial charge >= 0.3 is 5.97 Å². The van der Waals surface area contributed by atoms with E-state index in [1.807, 2.05) is 6.92 Å². The summed E-state index contributed by atoms with van der Waals surface area (Å²) in [4.78, 5) is 24.5. The van der Waals surface area contributed by atoms with E-state index in [4.69, 9.17) is 26.2 Å². The molecule has 1 aliphatic heterocycles. The van der Waals surface area contributed by atoms with Crippen molar-refractivity contribution in [1.82, 2.24) is 15.0 Å². The quantitative estimate of drug-likeness (QED) is 0.422. The van der Waals surface area contributed by atoms with Crippen LogP contribution >= 0.6 is 11.6 Å². The molecule has 3 heterocycles. The first-order valence-electron chi connectivity index (χ1n) is 12.0. The lowest BCUT2D eigenvalue weighted by Crippen LogP contribution is -2.20. The Balaban J connectivity index is 0.000000943. The van der Waals surface area contributed by atoms with Crippen molar-refractivity contribution in [2.45, 2.75) is 58.5 Å². The monoisotopic (exact) mass is 513 g/mol. The highest BCUT2D eigenvalue weighted by atomic mass is 35.5. The highest BCUT2D eigenvalue weighted by Crippen LogP contribution is 2.39. The molecule has 1 aromatic carbocycles. The predicted octanol–water partition coefficient (Wildman–Crippen LogP) is 6.15. The fraction of sp³-hybridized carbons (Fsp3) is 0.407. The number of rotatable bonds is 6. The fourth-order valence-electron chi connectivity index (χ4n) is 3.88. The zero-order valence-corrected chi connectivity index (χ0v) is 21.3. The van der Waals surface area contributed by atoms with Gasteiger partial charge in [-0.3, -0.25) is 9.78 Å². The molecular formula is C27H29ClFN3O4. The Morgan fingerprint density at radius 3 is 2.67 bits per heavy atom. The lowest BCUT2D eigenvalue weighted by Gasteiger charge is -2.27. The number of pyridine rings is 1. The summed E-state index contributed by atoms with van der Waals surface area (Å²) in [6.45, 7) is 3.37. The fourth-order valence-corrected chi connectivity index (χ4v) is 4.08. The zero-order chi connectivity index (χ0) is 25.8. The minimum atomic E-state index is -0.969. The molecule has 0 amide bonds. The van der Waals surface area contributed by atoms with E-state index in [2.05, 4.69) is 15.0 Å². The van der Waals surface area contributed by atoms with Gasteiger partial charge in [0.1, 0.15) is 11.8 Å². The van der Waals surface area contributed by atoms with Crippen molar-refractivity contribution < 1.29 is 23.8 Å². The van der Waals surface area contributed by atoms with E-state index >= 15 is 4.39 Å². The number of ether oxygens (including phenoxy) is 2. The molecule has 0 bridgehead atoms. The van der Waals surface area contributed by atoms with E-state index in [1.54, 1.807) is 31.3 Å². The molecule has 0 radical (unpaired) electrons. The maximum Gasteiger partial charge on any atom is 0.306 e. The Hall–Kier alpha value is -3.26. The van der Waals surface area contributed by atoms with Crippen molar-refractivity contribution in [3.8, 4) is 22.9 Å². The Bertz CT molecular complexity index is 1270. The number of halogens is 2. The second-order valence-corrected chi connectivity index (χ2v) is 9.52. The van der Waals surface area contributed by atoms with E-state index in [9.17, 15) is 4.79 Å². The normalized spacial score (nSPS) is 16.6. The molecule has 2 unspecified atom stereocenters. The van der Waals surface area contributed by atoms with Gasteiger partial charge in [0.2, 0.25) is 5.88 Å². The first-order valence-corrected chi connectivity index (χ1v) is 12.4. The van der Waals surface area contributed by atoms with Gasteiger partial charge in [0.25, 0.3) is 0 Å². The minimum absolute atomic E-state index is 0.0894. The first kappa shape index (κ1) is 25.8. The predicted molar refractivity (Wildman–Crippen MR) is 134 cm³/mol. The number of hydrogen-bond acceptors (Lipinski definition) is 6. The highest BCUT2D eigenvalue weighted by molar-refractivity contribution is 6.33. The summed E-state index contributed by atoms with van der Waals surface area (Å²) in [5.41, 5.74) is 3.55. The number of aromatic nitrogens is 3. The standard InChI is InChI=1S/C24H23ClFN3O4.C3H6/c1-12(24(30)31)8-15-5-4-14-6-7-19(33-23(14)21(15)26)22-13(2)29-18(11-28-22)16-9-20(32-3)27-10-17(16)25;1-2-3-1/h4-5,9-12,19H,6-8H2,1-3H3,(H,30,31);1-3H2. The third-order valence-corrected chi connectivity index (χ3v) is 6.40. The van der Waals surface area contributed by atoms with Crippen molar-refractivity contribution in [1.29, 1.82) is 0 Å². The Morgan fingerprint density at radius 2 is 2.03 bits per heavy atom. The number of nitrogens with zero attached hydrogens (tertiary/aromatic N) is 3. The minimum Gasteiger partial charge on any atom is -0.481 e. The van der Waals surface area contributed by atoms with Crippen molar-refractivity contribution in [3.05, 3.63) is 63.9 Å². The first-order chi connectivity index (χ1) is 17.3. The van der Waals surface area contributed by atoms with Gasteiger partial charge in [-0.25, -0.2) is 14.4 Å². The van der Waals surface area contributed by atoms with E-state index in [1.165, 1.54) is 32.6 Å². The topological polar surface area (TPSA) is 94.4 Å². The van der Waals surface area contributed by atoms with Gasteiger partial charge in [-0.05, 0) is 37.3 Å². The van der Waals surface area contributed by atoms with Crippen LogP contribution < -0.4 is 9.47 Å². The number of carboxylic acid groups (broad SMARTS) is 1. The van der Waals surface area contributed by atoms with Crippen molar-refractivity contribution in [2.75, 3.05) is 7.11 Å². The molecule has 2 aliphatic rings. The highest BCUT2D eigenvalue weighted by Gasteiger charge is 2.29. The second-order valence-electron chi connectivity index (χ2n) is 9.11. The van der Waals surface area contributed by atoms with Crippen LogP contribution in [-0.2, 0) is 17.6 Å². The number of benzene rings is 1. The van der Waals surface area contributed by atoms with Crippen LogP contribution in [0, 0.1) is 18.7 Å². The molecule has 1 saturated carbocycles. The smallest absolute Gasteiger partial charge is 0.306 e. The molecule has 2 atom stereocenters. The number of carbonyl (C=O) groups is 1. The van der Waals surface area contributed by atoms with Gasteiger partial charge in [0, 0.05) is 11.6 Å². The van der Waals surface area contributed by atoms with Crippen LogP contribution in [0.4, 0.5) is 4.39 Å². The molecule has 7 nitrogen and oxygen atoms in total. The van der Waals surface area contributed by atoms with Crippen LogP contribution in [0.15, 0.2) is 30.6 Å². The van der Waals surface area contributed by atoms with Crippen LogP contribution in [0.2, 0.25) is 5.02 Å². The van der Waals surface area contributed by atoms with Crippen LogP contribution in [0.25, 0.3) is 11.3 Å². The molecule has 3 aromatic rings. The molecule has 0 saturated heterocycles. The molecule has 2 aromatic heterocycles. The number of aliphatic carboxylic acids is 1. The number of fused-ring (bicyclic) bond motifs is 1. The molecule has 1 fully saturated rings. The van der Waals surface area contributed by atoms with Gasteiger partial charge in [0.15, 0.2) is 11.6 Å². The molecule has 5 rings (SSSR count). The van der Waals surface area contributed by atoms with E-state index < -0.39 is 23.8 Å². The third kappa shape index (κ3) is 5.93. The van der Waals surface area contributed by atoms with Crippen molar-refractivity contribution >= 4 is 17.6 Å². The van der Waals surface area contributed by atoms with Crippen LogP contribution in [0.5, 0.6) is 11.6 Å². The van der Waals surface area contributed by atoms with Gasteiger partial charge in [-0.15, -0.1) is 0 Å². The zero-order valence-electron chi connectivity index (χ0n) is 20.6. The summed E-state index contributed by atoms with van der Waals surface area (Å²) < 4.78 is 26.4. The lowest BCUT2D eigenvalue weighted by molar-refractivity contribution is -0.141. The summed E-state index contributed by atoms with van der Waals surface area (Å²) >= 11 is 6.28. The van der Waals surface area contributed by atoms with Crippen LogP contribution in [0.3, 0.4) is 0 Å². The number of hydrogen-bond donors (Lipinski definition) is 1. The molecule has 1 N–H and O–H groups in total. The van der Waals surface area contributed by atoms with Gasteiger partial charge < -0.3 is 14.6 Å².